The van der Waals surface area contributed by atoms with Gasteiger partial charge in [-0.2, -0.15) is 0 Å². The smallest absolute Gasteiger partial charge is 0.408 e. The van der Waals surface area contributed by atoms with Crippen LogP contribution in [0.1, 0.15) is 31.3 Å². The molecule has 0 atom stereocenters. The quantitative estimate of drug-likeness (QED) is 0.848. The van der Waals surface area contributed by atoms with Crippen LogP contribution in [0.15, 0.2) is 4.60 Å². The molecule has 0 bridgehead atoms. The Labute approximate surface area is 113 Å². The van der Waals surface area contributed by atoms with Crippen LogP contribution in [0.5, 0.6) is 0 Å². The third-order valence-corrected chi connectivity index (χ3v) is 2.38. The number of carbonyl (C=O) groups is 2. The molecule has 0 aromatic carbocycles. The van der Waals surface area contributed by atoms with Gasteiger partial charge in [-0.3, -0.25) is 4.79 Å². The number of amides is 1. The highest BCUT2D eigenvalue weighted by Gasteiger charge is 2.20. The van der Waals surface area contributed by atoms with Crippen molar-refractivity contribution >= 4 is 27.8 Å². The number of nitrogens with zero attached hydrogens (tertiary/aromatic N) is 3. The zero-order valence-corrected chi connectivity index (χ0v) is 12.2. The lowest BCUT2D eigenvalue weighted by molar-refractivity contribution is 0.0520. The Kier molecular flexibility index (Phi) is 4.44. The van der Waals surface area contributed by atoms with Gasteiger partial charge in [-0.15, -0.1) is 5.10 Å². The summed E-state index contributed by atoms with van der Waals surface area (Å²) < 4.78 is 6.70. The van der Waals surface area contributed by atoms with Crippen molar-refractivity contribution in [2.75, 3.05) is 6.54 Å². The molecule has 0 saturated carbocycles. The summed E-state index contributed by atoms with van der Waals surface area (Å²) in [7, 11) is 1.60. The first-order valence-corrected chi connectivity index (χ1v) is 6.05. The monoisotopic (exact) mass is 318 g/mol. The van der Waals surface area contributed by atoms with Crippen LogP contribution in [0, 0.1) is 0 Å². The predicted octanol–water partition coefficient (Wildman–Crippen LogP) is 1.28. The van der Waals surface area contributed by atoms with Gasteiger partial charge < -0.3 is 10.1 Å². The van der Waals surface area contributed by atoms with Gasteiger partial charge in [-0.05, 0) is 36.7 Å². The number of alkyl carbamates (subject to hydrolysis) is 1. The van der Waals surface area contributed by atoms with Crippen molar-refractivity contribution in [3.63, 3.8) is 0 Å². The van der Waals surface area contributed by atoms with Gasteiger partial charge in [0.05, 0.1) is 6.54 Å². The first-order valence-electron chi connectivity index (χ1n) is 5.26. The Hall–Kier alpha value is -1.44. The number of aryl methyl sites for hydroxylation is 1. The molecule has 0 radical (unpaired) electrons. The van der Waals surface area contributed by atoms with Crippen molar-refractivity contribution in [2.24, 2.45) is 7.05 Å². The first-order chi connectivity index (χ1) is 8.20. The minimum Gasteiger partial charge on any atom is -0.444 e. The maximum Gasteiger partial charge on any atom is 0.408 e. The maximum atomic E-state index is 11.8. The van der Waals surface area contributed by atoms with Gasteiger partial charge in [0.2, 0.25) is 5.78 Å². The number of halogens is 1. The third-order valence-electron chi connectivity index (χ3n) is 1.84. The minimum absolute atomic E-state index is 0.172. The van der Waals surface area contributed by atoms with Gasteiger partial charge in [-0.25, -0.2) is 9.48 Å². The lowest BCUT2D eigenvalue weighted by atomic mass is 10.2. The number of ether oxygens (including phenoxy) is 1. The largest absolute Gasteiger partial charge is 0.444 e. The van der Waals surface area contributed by atoms with Crippen LogP contribution in [0.3, 0.4) is 0 Å². The van der Waals surface area contributed by atoms with E-state index in [1.54, 1.807) is 27.8 Å². The summed E-state index contributed by atoms with van der Waals surface area (Å²) in [4.78, 5) is 23.2. The van der Waals surface area contributed by atoms with E-state index in [-0.39, 0.29) is 12.3 Å². The van der Waals surface area contributed by atoms with E-state index >= 15 is 0 Å². The normalized spacial score (nSPS) is 11.2. The molecular formula is C10H15BrN4O3. The fourth-order valence-corrected chi connectivity index (χ4v) is 1.73. The molecule has 7 nitrogen and oxygen atoms in total. The Balaban J connectivity index is 2.55. The highest BCUT2D eigenvalue weighted by molar-refractivity contribution is 9.10. The van der Waals surface area contributed by atoms with Crippen molar-refractivity contribution in [1.29, 1.82) is 0 Å². The summed E-state index contributed by atoms with van der Waals surface area (Å²) in [6, 6.07) is 0. The molecule has 1 heterocycles. The van der Waals surface area contributed by atoms with E-state index in [4.69, 9.17) is 4.74 Å². The van der Waals surface area contributed by atoms with Crippen LogP contribution < -0.4 is 5.32 Å². The second-order valence-electron chi connectivity index (χ2n) is 4.63. The average Bonchev–Trinajstić information content (AvgIpc) is 2.53. The van der Waals surface area contributed by atoms with Gasteiger partial charge in [0, 0.05) is 7.05 Å². The highest BCUT2D eigenvalue weighted by Crippen LogP contribution is 2.12. The third kappa shape index (κ3) is 4.10. The van der Waals surface area contributed by atoms with E-state index in [2.05, 4.69) is 31.6 Å². The summed E-state index contributed by atoms with van der Waals surface area (Å²) in [5.41, 5.74) is -0.298. The number of carbonyl (C=O) groups excluding carboxylic acids is 2. The lowest BCUT2D eigenvalue weighted by Crippen LogP contribution is -2.35. The summed E-state index contributed by atoms with van der Waals surface area (Å²) in [6.45, 7) is 5.07. The number of Topliss-reactive ketones (excluding diaryl/α,β-unsaturated/α-hetero) is 1. The van der Waals surface area contributed by atoms with Gasteiger partial charge in [0.15, 0.2) is 4.60 Å². The van der Waals surface area contributed by atoms with Crippen molar-refractivity contribution < 1.29 is 14.3 Å². The zero-order valence-electron chi connectivity index (χ0n) is 10.7. The Morgan fingerprint density at radius 2 is 2.06 bits per heavy atom. The molecule has 8 heteroatoms. The van der Waals surface area contributed by atoms with Gasteiger partial charge in [-0.1, -0.05) is 5.21 Å². The predicted molar refractivity (Wildman–Crippen MR) is 67.3 cm³/mol. The van der Waals surface area contributed by atoms with Gasteiger partial charge in [0.25, 0.3) is 0 Å². The molecule has 18 heavy (non-hydrogen) atoms. The van der Waals surface area contributed by atoms with Crippen LogP contribution >= 0.6 is 15.9 Å². The summed E-state index contributed by atoms with van der Waals surface area (Å²) in [6.07, 6.45) is -0.637. The fraction of sp³-hybridized carbons (Fsp3) is 0.600. The number of ketones is 1. The molecule has 0 aliphatic heterocycles. The van der Waals surface area contributed by atoms with Crippen molar-refractivity contribution in [3.05, 3.63) is 10.3 Å². The van der Waals surface area contributed by atoms with Crippen LogP contribution in [0.2, 0.25) is 0 Å². The molecular weight excluding hydrogens is 304 g/mol. The topological polar surface area (TPSA) is 86.1 Å². The summed E-state index contributed by atoms with van der Waals surface area (Å²) >= 11 is 3.11. The average molecular weight is 319 g/mol. The van der Waals surface area contributed by atoms with E-state index in [1.807, 2.05) is 0 Å². The molecule has 1 amide bonds. The van der Waals surface area contributed by atoms with Crippen molar-refractivity contribution in [1.82, 2.24) is 20.3 Å². The Morgan fingerprint density at radius 3 is 2.50 bits per heavy atom. The number of rotatable bonds is 3. The summed E-state index contributed by atoms with van der Waals surface area (Å²) in [5.74, 6) is -0.305. The number of hydrogen-bond acceptors (Lipinski definition) is 5. The minimum atomic E-state index is -0.637. The molecule has 1 aromatic rings. The lowest BCUT2D eigenvalue weighted by Gasteiger charge is -2.19. The molecule has 0 unspecified atom stereocenters. The van der Waals surface area contributed by atoms with Gasteiger partial charge in [0.1, 0.15) is 11.3 Å². The van der Waals surface area contributed by atoms with E-state index in [0.717, 1.165) is 0 Å². The van der Waals surface area contributed by atoms with E-state index in [1.165, 1.54) is 4.68 Å². The van der Waals surface area contributed by atoms with Crippen LogP contribution in [0.25, 0.3) is 0 Å². The van der Waals surface area contributed by atoms with Crippen molar-refractivity contribution in [3.8, 4) is 0 Å². The van der Waals surface area contributed by atoms with Crippen LogP contribution in [-0.2, 0) is 11.8 Å². The second-order valence-corrected chi connectivity index (χ2v) is 5.38. The molecule has 0 aliphatic rings. The Bertz CT molecular complexity index is 445. The van der Waals surface area contributed by atoms with Crippen LogP contribution in [-0.4, -0.2) is 39.0 Å². The summed E-state index contributed by atoms with van der Waals surface area (Å²) in [5, 5.41) is 9.75. The molecule has 0 aliphatic carbocycles. The maximum absolute atomic E-state index is 11.8. The van der Waals surface area contributed by atoms with E-state index < -0.39 is 11.7 Å². The first kappa shape index (κ1) is 14.6. The number of aromatic nitrogens is 3. The zero-order chi connectivity index (χ0) is 13.9. The molecule has 100 valence electrons. The SMILES string of the molecule is Cn1nnc(Br)c1C(=O)CNC(=O)OC(C)(C)C. The molecule has 1 N–H and O–H groups in total. The standard InChI is InChI=1S/C10H15BrN4O3/c1-10(2,3)18-9(17)12-5-6(16)7-8(11)13-14-15(7)4/h5H2,1-4H3,(H,12,17). The molecule has 0 fully saturated rings. The van der Waals surface area contributed by atoms with Crippen molar-refractivity contribution in [2.45, 2.75) is 26.4 Å². The van der Waals surface area contributed by atoms with Gasteiger partial charge >= 0.3 is 6.09 Å². The Morgan fingerprint density at radius 1 is 1.44 bits per heavy atom. The molecule has 0 saturated heterocycles. The molecule has 1 rings (SSSR count). The molecule has 0 spiro atoms. The van der Waals surface area contributed by atoms with E-state index in [0.29, 0.717) is 10.3 Å². The highest BCUT2D eigenvalue weighted by atomic mass is 79.9. The fourth-order valence-electron chi connectivity index (χ4n) is 1.18. The molecule has 1 aromatic heterocycles. The second kappa shape index (κ2) is 5.47. The number of nitrogens with one attached hydrogen (secondary N) is 1. The number of hydrogen-bond donors (Lipinski definition) is 1. The van der Waals surface area contributed by atoms with E-state index in [9.17, 15) is 9.59 Å². The van der Waals surface area contributed by atoms with Crippen LogP contribution in [0.4, 0.5) is 4.79 Å².